The molecule has 2 heterocycles. The highest BCUT2D eigenvalue weighted by Crippen LogP contribution is 2.40. The molecule has 4 heteroatoms. The van der Waals surface area contributed by atoms with E-state index in [0.29, 0.717) is 19.3 Å². The van der Waals surface area contributed by atoms with Gasteiger partial charge in [0.15, 0.2) is 11.5 Å². The van der Waals surface area contributed by atoms with Crippen molar-refractivity contribution in [3.8, 4) is 11.5 Å². The Morgan fingerprint density at radius 3 is 3.06 bits per heavy atom. The zero-order valence-corrected chi connectivity index (χ0v) is 10.1. The number of ether oxygens (including phenoxy) is 2. The summed E-state index contributed by atoms with van der Waals surface area (Å²) >= 11 is 0. The van der Waals surface area contributed by atoms with Crippen LogP contribution in [0.3, 0.4) is 0 Å². The Morgan fingerprint density at radius 2 is 2.18 bits per heavy atom. The van der Waals surface area contributed by atoms with Gasteiger partial charge in [0.2, 0.25) is 0 Å². The molecule has 92 valence electrons. The minimum absolute atomic E-state index is 0.487. The summed E-state index contributed by atoms with van der Waals surface area (Å²) in [6, 6.07) is 6.62. The first-order valence-corrected chi connectivity index (χ1v) is 6.22. The lowest BCUT2D eigenvalue weighted by Gasteiger charge is -2.37. The summed E-state index contributed by atoms with van der Waals surface area (Å²) in [4.78, 5) is 2.39. The third-order valence-electron chi connectivity index (χ3n) is 3.36. The van der Waals surface area contributed by atoms with Crippen LogP contribution in [0.4, 0.5) is 5.69 Å². The van der Waals surface area contributed by atoms with Gasteiger partial charge in [-0.2, -0.15) is 0 Å². The molecule has 0 spiro atoms. The van der Waals surface area contributed by atoms with E-state index < -0.39 is 0 Å². The first-order chi connectivity index (χ1) is 8.36. The topological polar surface area (TPSA) is 33.7 Å². The van der Waals surface area contributed by atoms with Gasteiger partial charge in [-0.1, -0.05) is 6.07 Å². The second-order valence-electron chi connectivity index (χ2n) is 4.55. The fourth-order valence-electron chi connectivity index (χ4n) is 2.48. The van der Waals surface area contributed by atoms with Crippen molar-refractivity contribution in [2.75, 3.05) is 37.7 Å². The normalized spacial score (nSPS) is 23.6. The molecule has 1 N–H and O–H groups in total. The molecule has 3 rings (SSSR count). The number of hydrogen-bond acceptors (Lipinski definition) is 4. The van der Waals surface area contributed by atoms with Gasteiger partial charge in [0.1, 0.15) is 13.2 Å². The van der Waals surface area contributed by atoms with Crippen LogP contribution in [0.25, 0.3) is 0 Å². The number of rotatable bonds is 1. The van der Waals surface area contributed by atoms with Crippen LogP contribution >= 0.6 is 0 Å². The SMILES string of the molecule is CC1CNCCN1c1cccc2c1OCCO2. The third kappa shape index (κ3) is 1.93. The van der Waals surface area contributed by atoms with E-state index in [1.54, 1.807) is 0 Å². The van der Waals surface area contributed by atoms with Crippen LogP contribution in [0.5, 0.6) is 11.5 Å². The number of para-hydroxylation sites is 1. The molecule has 2 aliphatic heterocycles. The van der Waals surface area contributed by atoms with E-state index in [9.17, 15) is 0 Å². The molecular weight excluding hydrogens is 216 g/mol. The zero-order chi connectivity index (χ0) is 11.7. The monoisotopic (exact) mass is 234 g/mol. The summed E-state index contributed by atoms with van der Waals surface area (Å²) in [5.41, 5.74) is 1.16. The highest BCUT2D eigenvalue weighted by Gasteiger charge is 2.24. The van der Waals surface area contributed by atoms with Gasteiger partial charge in [0.25, 0.3) is 0 Å². The summed E-state index contributed by atoms with van der Waals surface area (Å²) in [5, 5.41) is 3.40. The van der Waals surface area contributed by atoms with Crippen LogP contribution in [0.2, 0.25) is 0 Å². The number of anilines is 1. The number of nitrogens with one attached hydrogen (secondary N) is 1. The Hall–Kier alpha value is -1.42. The fraction of sp³-hybridized carbons (Fsp3) is 0.538. The average Bonchev–Trinajstić information content (AvgIpc) is 2.39. The minimum atomic E-state index is 0.487. The van der Waals surface area contributed by atoms with Crippen molar-refractivity contribution >= 4 is 5.69 Å². The van der Waals surface area contributed by atoms with Gasteiger partial charge in [-0.25, -0.2) is 0 Å². The number of benzene rings is 1. The van der Waals surface area contributed by atoms with E-state index in [-0.39, 0.29) is 0 Å². The van der Waals surface area contributed by atoms with Gasteiger partial charge < -0.3 is 19.7 Å². The number of hydrogen-bond donors (Lipinski definition) is 1. The largest absolute Gasteiger partial charge is 0.486 e. The van der Waals surface area contributed by atoms with E-state index in [0.717, 1.165) is 36.8 Å². The second kappa shape index (κ2) is 4.45. The Labute approximate surface area is 102 Å². The lowest BCUT2D eigenvalue weighted by molar-refractivity contribution is 0.171. The van der Waals surface area contributed by atoms with Gasteiger partial charge >= 0.3 is 0 Å². The van der Waals surface area contributed by atoms with Gasteiger partial charge in [-0.3, -0.25) is 0 Å². The predicted octanol–water partition coefficient (Wildman–Crippen LogP) is 1.26. The fourth-order valence-corrected chi connectivity index (χ4v) is 2.48. The van der Waals surface area contributed by atoms with Crippen molar-refractivity contribution in [2.24, 2.45) is 0 Å². The minimum Gasteiger partial charge on any atom is -0.486 e. The van der Waals surface area contributed by atoms with Crippen molar-refractivity contribution in [2.45, 2.75) is 13.0 Å². The van der Waals surface area contributed by atoms with Crippen LogP contribution in [-0.4, -0.2) is 38.9 Å². The van der Waals surface area contributed by atoms with E-state index in [4.69, 9.17) is 9.47 Å². The van der Waals surface area contributed by atoms with Gasteiger partial charge in [-0.15, -0.1) is 0 Å². The molecule has 1 aromatic carbocycles. The van der Waals surface area contributed by atoms with E-state index in [1.807, 2.05) is 12.1 Å². The molecule has 1 atom stereocenters. The Balaban J connectivity index is 1.96. The highest BCUT2D eigenvalue weighted by atomic mass is 16.6. The summed E-state index contributed by atoms with van der Waals surface area (Å²) in [7, 11) is 0. The van der Waals surface area contributed by atoms with Gasteiger partial charge in [0, 0.05) is 25.7 Å². The quantitative estimate of drug-likeness (QED) is 0.793. The Morgan fingerprint density at radius 1 is 1.29 bits per heavy atom. The van der Waals surface area contributed by atoms with Crippen molar-refractivity contribution in [3.05, 3.63) is 18.2 Å². The molecule has 0 bridgehead atoms. The van der Waals surface area contributed by atoms with Crippen molar-refractivity contribution < 1.29 is 9.47 Å². The molecule has 0 amide bonds. The number of nitrogens with zero attached hydrogens (tertiary/aromatic N) is 1. The van der Waals surface area contributed by atoms with Crippen LogP contribution in [-0.2, 0) is 0 Å². The van der Waals surface area contributed by atoms with Crippen molar-refractivity contribution in [3.63, 3.8) is 0 Å². The van der Waals surface area contributed by atoms with Crippen molar-refractivity contribution in [1.29, 1.82) is 0 Å². The number of piperazine rings is 1. The van der Waals surface area contributed by atoms with Gasteiger partial charge in [-0.05, 0) is 19.1 Å². The third-order valence-corrected chi connectivity index (χ3v) is 3.36. The van der Waals surface area contributed by atoms with Crippen molar-refractivity contribution in [1.82, 2.24) is 5.32 Å². The lowest BCUT2D eigenvalue weighted by atomic mass is 10.1. The number of fused-ring (bicyclic) bond motifs is 1. The molecule has 1 fully saturated rings. The molecule has 0 saturated carbocycles. The van der Waals surface area contributed by atoms with E-state index >= 15 is 0 Å². The molecule has 0 aliphatic carbocycles. The van der Waals surface area contributed by atoms with E-state index in [1.165, 1.54) is 0 Å². The second-order valence-corrected chi connectivity index (χ2v) is 4.55. The van der Waals surface area contributed by atoms with Crippen LogP contribution in [0.1, 0.15) is 6.92 Å². The smallest absolute Gasteiger partial charge is 0.184 e. The summed E-state index contributed by atoms with van der Waals surface area (Å²) < 4.78 is 11.4. The summed E-state index contributed by atoms with van der Waals surface area (Å²) in [6.07, 6.45) is 0. The highest BCUT2D eigenvalue weighted by molar-refractivity contribution is 5.65. The molecule has 1 aromatic rings. The van der Waals surface area contributed by atoms with Gasteiger partial charge in [0.05, 0.1) is 5.69 Å². The van der Waals surface area contributed by atoms with Crippen LogP contribution in [0.15, 0.2) is 18.2 Å². The first kappa shape index (κ1) is 10.7. The molecule has 4 nitrogen and oxygen atoms in total. The maximum Gasteiger partial charge on any atom is 0.184 e. The molecule has 2 aliphatic rings. The molecule has 17 heavy (non-hydrogen) atoms. The maximum absolute atomic E-state index is 5.77. The molecule has 1 unspecified atom stereocenters. The molecule has 0 radical (unpaired) electrons. The Kier molecular flexibility index (Phi) is 2.81. The zero-order valence-electron chi connectivity index (χ0n) is 10.1. The first-order valence-electron chi connectivity index (χ1n) is 6.22. The van der Waals surface area contributed by atoms with Crippen LogP contribution in [0, 0.1) is 0 Å². The average molecular weight is 234 g/mol. The standard InChI is InChI=1S/C13H18N2O2/c1-10-9-14-5-6-15(10)11-3-2-4-12-13(11)17-8-7-16-12/h2-4,10,14H,5-9H2,1H3. The lowest BCUT2D eigenvalue weighted by Crippen LogP contribution is -2.50. The molecule has 1 saturated heterocycles. The van der Waals surface area contributed by atoms with Crippen LogP contribution < -0.4 is 19.7 Å². The predicted molar refractivity (Wildman–Crippen MR) is 67.1 cm³/mol. The van der Waals surface area contributed by atoms with E-state index in [2.05, 4.69) is 23.2 Å². The molecule has 0 aromatic heterocycles. The summed E-state index contributed by atoms with van der Waals surface area (Å²) in [6.45, 7) is 6.58. The maximum atomic E-state index is 5.77. The Bertz CT molecular complexity index is 408. The molecular formula is C13H18N2O2. The summed E-state index contributed by atoms with van der Waals surface area (Å²) in [5.74, 6) is 1.78.